The predicted octanol–water partition coefficient (Wildman–Crippen LogP) is 20.1. The smallest absolute Gasteiger partial charge is 0.306 e. The highest BCUT2D eigenvalue weighted by Gasteiger charge is 2.19. The van der Waals surface area contributed by atoms with Crippen molar-refractivity contribution in [1.29, 1.82) is 0 Å². The second-order valence-electron chi connectivity index (χ2n) is 19.5. The van der Waals surface area contributed by atoms with Gasteiger partial charge < -0.3 is 14.2 Å². The lowest BCUT2D eigenvalue weighted by Crippen LogP contribution is -2.30. The highest BCUT2D eigenvalue weighted by Crippen LogP contribution is 2.16. The first-order chi connectivity index (χ1) is 35.0. The van der Waals surface area contributed by atoms with E-state index < -0.39 is 6.10 Å². The number of carbonyl (C=O) groups excluding carboxylic acids is 3. The van der Waals surface area contributed by atoms with E-state index in [1.165, 1.54) is 135 Å². The van der Waals surface area contributed by atoms with Gasteiger partial charge in [0.25, 0.3) is 0 Å². The normalized spacial score (nSPS) is 12.8. The Bertz CT molecular complexity index is 1410. The molecule has 71 heavy (non-hydrogen) atoms. The van der Waals surface area contributed by atoms with Crippen LogP contribution in [0.2, 0.25) is 0 Å². The minimum Gasteiger partial charge on any atom is -0.462 e. The van der Waals surface area contributed by atoms with Crippen LogP contribution in [0.5, 0.6) is 0 Å². The molecule has 0 radical (unpaired) electrons. The van der Waals surface area contributed by atoms with Gasteiger partial charge in [0.1, 0.15) is 13.2 Å². The van der Waals surface area contributed by atoms with Crippen molar-refractivity contribution >= 4 is 17.9 Å². The number of rotatable bonds is 53. The standard InChI is InChI=1S/C65H110O6/c1-4-7-10-13-16-19-22-25-28-31-32-35-37-40-43-46-49-52-55-58-64(67)70-61-62(71-65(68)59-56-53-50-47-44-41-38-34-30-27-24-21-18-15-12-9-6-3)60-69-63(66)57-54-51-48-45-42-39-36-33-29-26-23-20-17-14-11-8-5-2/h7,10,16,19,25-26,28-29,32,35-36,39-40,43,45,48,62H,4-6,8-9,11-15,17-18,20-24,27,30-31,33-34,37-38,41-42,44,46-47,49-61H2,1-3H3/b10-7-,19-16-,28-25-,29-26-,35-32-,39-36-,43-40-,48-45-/t62-/m0/s1. The van der Waals surface area contributed by atoms with Crippen LogP contribution in [0.3, 0.4) is 0 Å². The van der Waals surface area contributed by atoms with E-state index in [1.807, 2.05) is 0 Å². The molecule has 0 fully saturated rings. The number of unbranched alkanes of at least 4 members (excludes halogenated alkanes) is 26. The largest absolute Gasteiger partial charge is 0.462 e. The van der Waals surface area contributed by atoms with Gasteiger partial charge in [-0.25, -0.2) is 0 Å². The maximum atomic E-state index is 12.9. The van der Waals surface area contributed by atoms with Gasteiger partial charge in [-0.3, -0.25) is 14.4 Å². The predicted molar refractivity (Wildman–Crippen MR) is 307 cm³/mol. The van der Waals surface area contributed by atoms with Crippen molar-refractivity contribution in [3.05, 3.63) is 97.2 Å². The van der Waals surface area contributed by atoms with Crippen LogP contribution in [0.4, 0.5) is 0 Å². The van der Waals surface area contributed by atoms with Gasteiger partial charge in [0, 0.05) is 19.3 Å². The molecule has 0 aliphatic heterocycles. The second kappa shape index (κ2) is 58.9. The van der Waals surface area contributed by atoms with Crippen LogP contribution in [0.1, 0.15) is 278 Å². The molecule has 0 saturated heterocycles. The van der Waals surface area contributed by atoms with Crippen LogP contribution in [0.25, 0.3) is 0 Å². The highest BCUT2D eigenvalue weighted by atomic mass is 16.6. The molecule has 0 aliphatic rings. The lowest BCUT2D eigenvalue weighted by molar-refractivity contribution is -0.167. The van der Waals surface area contributed by atoms with Gasteiger partial charge in [0.05, 0.1) is 0 Å². The van der Waals surface area contributed by atoms with E-state index >= 15 is 0 Å². The van der Waals surface area contributed by atoms with E-state index in [-0.39, 0.29) is 37.5 Å². The second-order valence-corrected chi connectivity index (χ2v) is 19.5. The van der Waals surface area contributed by atoms with Gasteiger partial charge >= 0.3 is 17.9 Å². The summed E-state index contributed by atoms with van der Waals surface area (Å²) >= 11 is 0. The molecule has 0 unspecified atom stereocenters. The zero-order valence-corrected chi connectivity index (χ0v) is 46.5. The molecule has 0 amide bonds. The molecule has 0 saturated carbocycles. The minimum absolute atomic E-state index is 0.109. The summed E-state index contributed by atoms with van der Waals surface area (Å²) in [5.74, 6) is -0.984. The topological polar surface area (TPSA) is 78.9 Å². The van der Waals surface area contributed by atoms with Crippen molar-refractivity contribution in [1.82, 2.24) is 0 Å². The fourth-order valence-corrected chi connectivity index (χ4v) is 8.13. The molecule has 6 nitrogen and oxygen atoms in total. The van der Waals surface area contributed by atoms with Crippen LogP contribution >= 0.6 is 0 Å². The van der Waals surface area contributed by atoms with E-state index in [9.17, 15) is 14.4 Å². The Balaban J connectivity index is 4.51. The van der Waals surface area contributed by atoms with Crippen molar-refractivity contribution in [3.63, 3.8) is 0 Å². The van der Waals surface area contributed by atoms with Gasteiger partial charge in [0.2, 0.25) is 0 Å². The average molecular weight is 988 g/mol. The average Bonchev–Trinajstić information content (AvgIpc) is 3.37. The van der Waals surface area contributed by atoms with Gasteiger partial charge in [-0.15, -0.1) is 0 Å². The van der Waals surface area contributed by atoms with Crippen molar-refractivity contribution in [2.45, 2.75) is 284 Å². The lowest BCUT2D eigenvalue weighted by atomic mass is 10.0. The Morgan fingerprint density at radius 2 is 0.563 bits per heavy atom. The van der Waals surface area contributed by atoms with Crippen LogP contribution in [0, 0.1) is 0 Å². The maximum absolute atomic E-state index is 12.9. The number of ether oxygens (including phenoxy) is 3. The van der Waals surface area contributed by atoms with E-state index in [4.69, 9.17) is 14.2 Å². The fourth-order valence-electron chi connectivity index (χ4n) is 8.13. The minimum atomic E-state index is -0.811. The van der Waals surface area contributed by atoms with E-state index in [2.05, 4.69) is 118 Å². The highest BCUT2D eigenvalue weighted by molar-refractivity contribution is 5.71. The third-order valence-corrected chi connectivity index (χ3v) is 12.6. The third-order valence-electron chi connectivity index (χ3n) is 12.6. The molecule has 0 aliphatic carbocycles. The molecule has 0 bridgehead atoms. The summed E-state index contributed by atoms with van der Waals surface area (Å²) in [6, 6.07) is 0. The van der Waals surface area contributed by atoms with Gasteiger partial charge in [-0.1, -0.05) is 259 Å². The molecule has 1 atom stereocenters. The first kappa shape index (κ1) is 67.3. The van der Waals surface area contributed by atoms with Crippen LogP contribution in [0.15, 0.2) is 97.2 Å². The van der Waals surface area contributed by atoms with Crippen molar-refractivity contribution in [3.8, 4) is 0 Å². The summed E-state index contributed by atoms with van der Waals surface area (Å²) in [5.41, 5.74) is 0. The fraction of sp³-hybridized carbons (Fsp3) is 0.708. The Labute approximate surface area is 438 Å². The van der Waals surface area contributed by atoms with Gasteiger partial charge in [0.15, 0.2) is 6.10 Å². The lowest BCUT2D eigenvalue weighted by Gasteiger charge is -2.18. The first-order valence-electron chi connectivity index (χ1n) is 29.7. The van der Waals surface area contributed by atoms with Crippen LogP contribution < -0.4 is 0 Å². The molecule has 0 aromatic rings. The first-order valence-corrected chi connectivity index (χ1v) is 29.7. The summed E-state index contributed by atoms with van der Waals surface area (Å²) in [6.45, 7) is 6.47. The number of hydrogen-bond donors (Lipinski definition) is 0. The van der Waals surface area contributed by atoms with E-state index in [0.717, 1.165) is 96.3 Å². The van der Waals surface area contributed by atoms with Gasteiger partial charge in [-0.2, -0.15) is 0 Å². The molecule has 406 valence electrons. The summed E-state index contributed by atoms with van der Waals surface area (Å²) in [6.07, 6.45) is 78.3. The zero-order chi connectivity index (χ0) is 51.4. The van der Waals surface area contributed by atoms with E-state index in [1.54, 1.807) is 0 Å². The molecule has 6 heteroatoms. The van der Waals surface area contributed by atoms with Gasteiger partial charge in [-0.05, 0) is 96.3 Å². The maximum Gasteiger partial charge on any atom is 0.306 e. The molecule has 0 aromatic heterocycles. The van der Waals surface area contributed by atoms with Crippen molar-refractivity contribution < 1.29 is 28.6 Å². The summed E-state index contributed by atoms with van der Waals surface area (Å²) in [7, 11) is 0. The van der Waals surface area contributed by atoms with Crippen LogP contribution in [-0.4, -0.2) is 37.2 Å². The molecule has 0 aromatic carbocycles. The number of carbonyl (C=O) groups is 3. The number of esters is 3. The molecule has 0 heterocycles. The molecular formula is C65H110O6. The van der Waals surface area contributed by atoms with Crippen molar-refractivity contribution in [2.24, 2.45) is 0 Å². The quantitative estimate of drug-likeness (QED) is 0.0261. The summed E-state index contributed by atoms with van der Waals surface area (Å²) < 4.78 is 16.8. The Morgan fingerprint density at radius 3 is 0.930 bits per heavy atom. The summed E-state index contributed by atoms with van der Waals surface area (Å²) in [5, 5.41) is 0. The monoisotopic (exact) mass is 987 g/mol. The Morgan fingerprint density at radius 1 is 0.296 bits per heavy atom. The Hall–Kier alpha value is -3.67. The molecule has 0 spiro atoms. The molecular weight excluding hydrogens is 877 g/mol. The summed E-state index contributed by atoms with van der Waals surface area (Å²) in [4.78, 5) is 38.2. The molecule has 0 rings (SSSR count). The van der Waals surface area contributed by atoms with Crippen LogP contribution in [-0.2, 0) is 28.6 Å². The SMILES string of the molecule is CC/C=C\C/C=C\C/C=C\C/C=C\C/C=C\CCCCCC(=O)OC[C@H](COC(=O)CCC/C=C\C/C=C\C/C=C\CCCCCCCC)OC(=O)CCCCCCCCCCCCCCCCCCC. The zero-order valence-electron chi connectivity index (χ0n) is 46.5. The van der Waals surface area contributed by atoms with Crippen molar-refractivity contribution in [2.75, 3.05) is 13.2 Å². The Kier molecular flexibility index (Phi) is 55.9. The number of allylic oxidation sites excluding steroid dienone is 16. The van der Waals surface area contributed by atoms with E-state index in [0.29, 0.717) is 19.3 Å². The molecule has 0 N–H and O–H groups in total. The third kappa shape index (κ3) is 57.1. The number of hydrogen-bond acceptors (Lipinski definition) is 6.